The van der Waals surface area contributed by atoms with Gasteiger partial charge in [0, 0.05) is 10.3 Å². The van der Waals surface area contributed by atoms with Crippen molar-refractivity contribution in [2.75, 3.05) is 18.2 Å². The van der Waals surface area contributed by atoms with Gasteiger partial charge < -0.3 is 10.1 Å². The summed E-state index contributed by atoms with van der Waals surface area (Å²) in [5.41, 5.74) is 0.536. The first-order valence-electron chi connectivity index (χ1n) is 6.27. The van der Waals surface area contributed by atoms with Gasteiger partial charge in [0.15, 0.2) is 5.13 Å². The van der Waals surface area contributed by atoms with Crippen molar-refractivity contribution in [1.29, 1.82) is 0 Å². The second-order valence-corrected chi connectivity index (χ2v) is 6.04. The first kappa shape index (κ1) is 16.4. The summed E-state index contributed by atoms with van der Waals surface area (Å²) in [5, 5.41) is 4.69. The van der Waals surface area contributed by atoms with Crippen LogP contribution in [-0.2, 0) is 20.7 Å². The van der Waals surface area contributed by atoms with Crippen molar-refractivity contribution in [3.63, 3.8) is 0 Å². The Morgan fingerprint density at radius 2 is 2.18 bits per heavy atom. The van der Waals surface area contributed by atoms with Crippen LogP contribution in [0, 0.1) is 5.82 Å². The maximum absolute atomic E-state index is 13.4. The summed E-state index contributed by atoms with van der Waals surface area (Å²) in [5.74, 6) is -0.951. The quantitative estimate of drug-likeness (QED) is 0.647. The number of thioether (sulfide) groups is 1. The zero-order valence-electron chi connectivity index (χ0n) is 11.7. The van der Waals surface area contributed by atoms with Crippen molar-refractivity contribution in [1.82, 2.24) is 4.98 Å². The van der Waals surface area contributed by atoms with Gasteiger partial charge in [0.2, 0.25) is 5.91 Å². The summed E-state index contributed by atoms with van der Waals surface area (Å²) in [7, 11) is 1.30. The molecule has 1 N–H and O–H groups in total. The number of hydrogen-bond acceptors (Lipinski definition) is 6. The minimum atomic E-state index is -0.390. The average Bonchev–Trinajstić information content (AvgIpc) is 2.93. The lowest BCUT2D eigenvalue weighted by atomic mass is 10.3. The lowest BCUT2D eigenvalue weighted by Gasteiger charge is -2.03. The standard InChI is InChI=1S/C14H13FN2O3S2/c1-20-13(19)6-9-7-22-14(16-9)17-12(18)8-21-11-5-3-2-4-10(11)15/h2-5,7H,6,8H2,1H3,(H,16,17,18). The van der Waals surface area contributed by atoms with E-state index < -0.39 is 5.97 Å². The minimum absolute atomic E-state index is 0.0623. The molecule has 0 bridgehead atoms. The third-order valence-corrected chi connectivity index (χ3v) is 4.40. The highest BCUT2D eigenvalue weighted by molar-refractivity contribution is 8.00. The van der Waals surface area contributed by atoms with Gasteiger partial charge in [-0.05, 0) is 12.1 Å². The Morgan fingerprint density at radius 1 is 1.41 bits per heavy atom. The Labute approximate surface area is 134 Å². The van der Waals surface area contributed by atoms with Crippen LogP contribution in [0.15, 0.2) is 34.5 Å². The molecule has 22 heavy (non-hydrogen) atoms. The van der Waals surface area contributed by atoms with Gasteiger partial charge in [-0.25, -0.2) is 9.37 Å². The second kappa shape index (κ2) is 7.90. The fraction of sp³-hybridized carbons (Fsp3) is 0.214. The number of hydrogen-bond donors (Lipinski definition) is 1. The van der Waals surface area contributed by atoms with Gasteiger partial charge in [-0.15, -0.1) is 23.1 Å². The predicted octanol–water partition coefficient (Wildman–Crippen LogP) is 2.73. The molecule has 1 aromatic heterocycles. The minimum Gasteiger partial charge on any atom is -0.469 e. The third-order valence-electron chi connectivity index (χ3n) is 2.55. The molecular formula is C14H13FN2O3S2. The van der Waals surface area contributed by atoms with Crippen molar-refractivity contribution >= 4 is 40.1 Å². The molecule has 2 rings (SSSR count). The number of aromatic nitrogens is 1. The number of ether oxygens (including phenoxy) is 1. The molecule has 5 nitrogen and oxygen atoms in total. The van der Waals surface area contributed by atoms with Crippen molar-refractivity contribution in [2.45, 2.75) is 11.3 Å². The lowest BCUT2D eigenvalue weighted by molar-refractivity contribution is -0.139. The monoisotopic (exact) mass is 340 g/mol. The van der Waals surface area contributed by atoms with Crippen molar-refractivity contribution < 1.29 is 18.7 Å². The molecule has 116 valence electrons. The maximum Gasteiger partial charge on any atom is 0.311 e. The van der Waals surface area contributed by atoms with Crippen LogP contribution in [0.3, 0.4) is 0 Å². The van der Waals surface area contributed by atoms with Gasteiger partial charge >= 0.3 is 5.97 Å². The van der Waals surface area contributed by atoms with E-state index in [4.69, 9.17) is 0 Å². The molecule has 0 atom stereocenters. The molecular weight excluding hydrogens is 327 g/mol. The molecule has 0 saturated carbocycles. The highest BCUT2D eigenvalue weighted by Gasteiger charge is 2.11. The number of esters is 1. The maximum atomic E-state index is 13.4. The van der Waals surface area contributed by atoms with Crippen LogP contribution in [-0.4, -0.2) is 29.7 Å². The molecule has 1 amide bonds. The van der Waals surface area contributed by atoms with E-state index in [1.807, 2.05) is 0 Å². The van der Waals surface area contributed by atoms with Gasteiger partial charge in [0.1, 0.15) is 5.82 Å². The molecule has 0 aliphatic heterocycles. The number of nitrogens with one attached hydrogen (secondary N) is 1. The van der Waals surface area contributed by atoms with E-state index in [0.717, 1.165) is 11.8 Å². The number of nitrogens with zero attached hydrogens (tertiary/aromatic N) is 1. The normalized spacial score (nSPS) is 10.3. The van der Waals surface area contributed by atoms with Crippen molar-refractivity contribution in [2.24, 2.45) is 0 Å². The summed E-state index contributed by atoms with van der Waals surface area (Å²) < 4.78 is 18.0. The smallest absolute Gasteiger partial charge is 0.311 e. The van der Waals surface area contributed by atoms with Crippen LogP contribution in [0.1, 0.15) is 5.69 Å². The first-order valence-corrected chi connectivity index (χ1v) is 8.13. The largest absolute Gasteiger partial charge is 0.469 e. The molecule has 0 aliphatic rings. The molecule has 2 aromatic rings. The van der Waals surface area contributed by atoms with E-state index in [0.29, 0.717) is 15.7 Å². The Hall–Kier alpha value is -1.93. The summed E-state index contributed by atoms with van der Waals surface area (Å²) in [4.78, 5) is 27.5. The molecule has 0 fully saturated rings. The molecule has 0 spiro atoms. The van der Waals surface area contributed by atoms with E-state index in [-0.39, 0.29) is 23.9 Å². The number of carbonyl (C=O) groups excluding carboxylic acids is 2. The number of amides is 1. The molecule has 0 radical (unpaired) electrons. The fourth-order valence-corrected chi connectivity index (χ4v) is 2.99. The van der Waals surface area contributed by atoms with E-state index >= 15 is 0 Å². The molecule has 8 heteroatoms. The Balaban J connectivity index is 1.85. The van der Waals surface area contributed by atoms with Crippen LogP contribution >= 0.6 is 23.1 Å². The van der Waals surface area contributed by atoms with Gasteiger partial charge in [-0.2, -0.15) is 0 Å². The molecule has 0 saturated heterocycles. The number of rotatable bonds is 6. The number of halogens is 1. The van der Waals surface area contributed by atoms with Gasteiger partial charge in [-0.1, -0.05) is 12.1 Å². The van der Waals surface area contributed by atoms with Crippen molar-refractivity contribution in [3.8, 4) is 0 Å². The first-order chi connectivity index (χ1) is 10.6. The molecule has 0 unspecified atom stereocenters. The average molecular weight is 340 g/mol. The van der Waals surface area contributed by atoms with E-state index in [1.165, 1.54) is 24.5 Å². The lowest BCUT2D eigenvalue weighted by Crippen LogP contribution is -2.14. The number of methoxy groups -OCH3 is 1. The Kier molecular flexibility index (Phi) is 5.91. The third kappa shape index (κ3) is 4.81. The van der Waals surface area contributed by atoms with Crippen molar-refractivity contribution in [3.05, 3.63) is 41.2 Å². The highest BCUT2D eigenvalue weighted by Crippen LogP contribution is 2.22. The van der Waals surface area contributed by atoms with Crippen LogP contribution in [0.4, 0.5) is 9.52 Å². The molecule has 1 heterocycles. The number of anilines is 1. The zero-order valence-corrected chi connectivity index (χ0v) is 13.3. The summed E-state index contributed by atoms with van der Waals surface area (Å²) in [6.07, 6.45) is 0.0623. The Morgan fingerprint density at radius 3 is 2.91 bits per heavy atom. The topological polar surface area (TPSA) is 68.3 Å². The predicted molar refractivity (Wildman–Crippen MR) is 83.6 cm³/mol. The number of benzene rings is 1. The van der Waals surface area contributed by atoms with E-state index in [2.05, 4.69) is 15.0 Å². The highest BCUT2D eigenvalue weighted by atomic mass is 32.2. The number of thiazole rings is 1. The van der Waals surface area contributed by atoms with E-state index in [1.54, 1.807) is 23.6 Å². The van der Waals surface area contributed by atoms with Crippen LogP contribution in [0.2, 0.25) is 0 Å². The second-order valence-electron chi connectivity index (χ2n) is 4.16. The Bertz CT molecular complexity index is 676. The zero-order chi connectivity index (χ0) is 15.9. The van der Waals surface area contributed by atoms with Crippen LogP contribution in [0.5, 0.6) is 0 Å². The van der Waals surface area contributed by atoms with Crippen LogP contribution < -0.4 is 5.32 Å². The van der Waals surface area contributed by atoms with Crippen LogP contribution in [0.25, 0.3) is 0 Å². The van der Waals surface area contributed by atoms with E-state index in [9.17, 15) is 14.0 Å². The van der Waals surface area contributed by atoms with Gasteiger partial charge in [-0.3, -0.25) is 9.59 Å². The fourth-order valence-electron chi connectivity index (χ4n) is 1.53. The number of carbonyl (C=O) groups is 2. The van der Waals surface area contributed by atoms with Gasteiger partial charge in [0.05, 0.1) is 25.0 Å². The van der Waals surface area contributed by atoms with Gasteiger partial charge in [0.25, 0.3) is 0 Å². The molecule has 0 aliphatic carbocycles. The summed E-state index contributed by atoms with van der Waals surface area (Å²) >= 11 is 2.33. The molecule has 1 aromatic carbocycles. The summed E-state index contributed by atoms with van der Waals surface area (Å²) in [6, 6.07) is 6.27. The SMILES string of the molecule is COC(=O)Cc1csc(NC(=O)CSc2ccccc2F)n1. The summed E-state index contributed by atoms with van der Waals surface area (Å²) in [6.45, 7) is 0.